The number of halogens is 1. The number of nitrogens with one attached hydrogen (secondary N) is 1. The smallest absolute Gasteiger partial charge is 0.262 e. The number of anilines is 1. The highest BCUT2D eigenvalue weighted by atomic mass is 35.5. The third-order valence-electron chi connectivity index (χ3n) is 3.46. The maximum atomic E-state index is 12.0. The average Bonchev–Trinajstić information content (AvgIpc) is 2.45. The molecule has 0 saturated heterocycles. The van der Waals surface area contributed by atoms with Crippen LogP contribution in [0.4, 0.5) is 5.69 Å². The van der Waals surface area contributed by atoms with E-state index in [1.165, 1.54) is 0 Å². The van der Waals surface area contributed by atoms with E-state index in [1.54, 1.807) is 12.1 Å². The Hall–Kier alpha value is -2.00. The van der Waals surface area contributed by atoms with Crippen molar-refractivity contribution in [1.82, 2.24) is 0 Å². The summed E-state index contributed by atoms with van der Waals surface area (Å²) in [4.78, 5) is 12.0. The van der Waals surface area contributed by atoms with Crippen LogP contribution in [0, 0.1) is 20.8 Å². The quantitative estimate of drug-likeness (QED) is 0.915. The van der Waals surface area contributed by atoms with Crippen LogP contribution < -0.4 is 10.1 Å². The first kappa shape index (κ1) is 15.4. The number of carbonyl (C=O) groups excluding carboxylic acids is 1. The summed E-state index contributed by atoms with van der Waals surface area (Å²) in [6.45, 7) is 5.82. The Balaban J connectivity index is 1.99. The lowest BCUT2D eigenvalue weighted by Crippen LogP contribution is -2.21. The van der Waals surface area contributed by atoms with E-state index in [4.69, 9.17) is 16.3 Å². The molecule has 0 radical (unpaired) electrons. The summed E-state index contributed by atoms with van der Waals surface area (Å²) in [6.07, 6.45) is 0. The van der Waals surface area contributed by atoms with Crippen molar-refractivity contribution in [3.63, 3.8) is 0 Å². The lowest BCUT2D eigenvalue weighted by atomic mass is 10.1. The Morgan fingerprint density at radius 1 is 1.10 bits per heavy atom. The van der Waals surface area contributed by atoms with Crippen LogP contribution in [0.5, 0.6) is 5.75 Å². The first-order valence-corrected chi connectivity index (χ1v) is 7.11. The van der Waals surface area contributed by atoms with Gasteiger partial charge in [0.1, 0.15) is 5.75 Å². The summed E-state index contributed by atoms with van der Waals surface area (Å²) in [7, 11) is 0. The molecule has 2 aromatic carbocycles. The van der Waals surface area contributed by atoms with E-state index >= 15 is 0 Å². The molecule has 21 heavy (non-hydrogen) atoms. The predicted molar refractivity (Wildman–Crippen MR) is 86.2 cm³/mol. The molecular formula is C17H18ClNO2. The highest BCUT2D eigenvalue weighted by Gasteiger charge is 2.09. The molecule has 0 atom stereocenters. The molecule has 0 aromatic heterocycles. The largest absolute Gasteiger partial charge is 0.483 e. The van der Waals surface area contributed by atoms with Crippen molar-refractivity contribution >= 4 is 23.2 Å². The zero-order valence-corrected chi connectivity index (χ0v) is 13.1. The molecule has 0 heterocycles. The molecule has 0 bridgehead atoms. The molecule has 0 spiro atoms. The molecule has 0 saturated carbocycles. The number of carbonyl (C=O) groups is 1. The second-order valence-electron chi connectivity index (χ2n) is 4.95. The molecule has 0 unspecified atom stereocenters. The number of rotatable bonds is 4. The Bertz CT molecular complexity index is 668. The number of aryl methyl sites for hydroxylation is 1. The van der Waals surface area contributed by atoms with Gasteiger partial charge in [0.05, 0.1) is 0 Å². The molecule has 0 aliphatic rings. The molecule has 1 N–H and O–H groups in total. The van der Waals surface area contributed by atoms with E-state index in [2.05, 4.69) is 5.32 Å². The van der Waals surface area contributed by atoms with Gasteiger partial charge in [0.2, 0.25) is 0 Å². The lowest BCUT2D eigenvalue weighted by Gasteiger charge is -2.12. The summed E-state index contributed by atoms with van der Waals surface area (Å²) in [5, 5.41) is 3.43. The molecule has 1 amide bonds. The van der Waals surface area contributed by atoms with Crippen molar-refractivity contribution in [1.29, 1.82) is 0 Å². The van der Waals surface area contributed by atoms with E-state index in [0.717, 1.165) is 22.4 Å². The Morgan fingerprint density at radius 3 is 2.57 bits per heavy atom. The van der Waals surface area contributed by atoms with Gasteiger partial charge < -0.3 is 10.1 Å². The summed E-state index contributed by atoms with van der Waals surface area (Å²) in [5.74, 6) is 0.522. The lowest BCUT2D eigenvalue weighted by molar-refractivity contribution is -0.118. The van der Waals surface area contributed by atoms with E-state index in [1.807, 2.05) is 45.0 Å². The van der Waals surface area contributed by atoms with Crippen LogP contribution in [0.15, 0.2) is 36.4 Å². The maximum absolute atomic E-state index is 12.0. The van der Waals surface area contributed by atoms with Crippen molar-refractivity contribution in [2.24, 2.45) is 0 Å². The molecule has 4 heteroatoms. The molecule has 110 valence electrons. The van der Waals surface area contributed by atoms with Crippen LogP contribution in [-0.4, -0.2) is 12.5 Å². The second kappa shape index (κ2) is 6.64. The fraction of sp³-hybridized carbons (Fsp3) is 0.235. The monoisotopic (exact) mass is 303 g/mol. The Labute approximate surface area is 129 Å². The van der Waals surface area contributed by atoms with E-state index in [0.29, 0.717) is 10.7 Å². The van der Waals surface area contributed by atoms with Crippen LogP contribution in [0.3, 0.4) is 0 Å². The molecule has 3 nitrogen and oxygen atoms in total. The minimum absolute atomic E-state index is 0.0315. The average molecular weight is 304 g/mol. The van der Waals surface area contributed by atoms with Crippen LogP contribution in [0.25, 0.3) is 0 Å². The first-order valence-electron chi connectivity index (χ1n) is 6.73. The predicted octanol–water partition coefficient (Wildman–Crippen LogP) is 4.28. The van der Waals surface area contributed by atoms with Gasteiger partial charge in [0.15, 0.2) is 6.61 Å². The molecular weight excluding hydrogens is 286 g/mol. The van der Waals surface area contributed by atoms with Gasteiger partial charge in [-0.3, -0.25) is 4.79 Å². The molecule has 2 aromatic rings. The Morgan fingerprint density at radius 2 is 1.81 bits per heavy atom. The molecule has 0 aliphatic heterocycles. The zero-order chi connectivity index (χ0) is 15.4. The maximum Gasteiger partial charge on any atom is 0.262 e. The van der Waals surface area contributed by atoms with Gasteiger partial charge >= 0.3 is 0 Å². The van der Waals surface area contributed by atoms with Crippen molar-refractivity contribution in [2.45, 2.75) is 20.8 Å². The zero-order valence-electron chi connectivity index (χ0n) is 12.4. The van der Waals surface area contributed by atoms with E-state index < -0.39 is 0 Å². The van der Waals surface area contributed by atoms with Crippen molar-refractivity contribution in [2.75, 3.05) is 11.9 Å². The topological polar surface area (TPSA) is 38.3 Å². The number of benzene rings is 2. The van der Waals surface area contributed by atoms with Gasteiger partial charge in [-0.1, -0.05) is 29.8 Å². The van der Waals surface area contributed by atoms with Crippen molar-refractivity contribution < 1.29 is 9.53 Å². The summed E-state index contributed by atoms with van der Waals surface area (Å²) >= 11 is 6.03. The highest BCUT2D eigenvalue weighted by molar-refractivity contribution is 6.31. The van der Waals surface area contributed by atoms with Crippen LogP contribution in [0.1, 0.15) is 16.7 Å². The van der Waals surface area contributed by atoms with Crippen LogP contribution in [-0.2, 0) is 4.79 Å². The van der Waals surface area contributed by atoms with Crippen LogP contribution >= 0.6 is 11.6 Å². The van der Waals surface area contributed by atoms with Gasteiger partial charge in [-0.05, 0) is 55.7 Å². The Kier molecular flexibility index (Phi) is 4.86. The SMILES string of the molecule is Cc1cccc(OCC(=O)Nc2cccc(Cl)c2C)c1C. The fourth-order valence-corrected chi connectivity index (χ4v) is 2.13. The van der Waals surface area contributed by atoms with E-state index in [-0.39, 0.29) is 12.5 Å². The summed E-state index contributed by atoms with van der Waals surface area (Å²) < 4.78 is 5.58. The molecule has 2 rings (SSSR count). The number of hydrogen-bond acceptors (Lipinski definition) is 2. The third kappa shape index (κ3) is 3.76. The van der Waals surface area contributed by atoms with Gasteiger partial charge in [-0.2, -0.15) is 0 Å². The van der Waals surface area contributed by atoms with Gasteiger partial charge in [0, 0.05) is 10.7 Å². The standard InChI is InChI=1S/C17H18ClNO2/c1-11-6-4-9-16(12(11)2)21-10-17(20)19-15-8-5-7-14(18)13(15)3/h4-9H,10H2,1-3H3,(H,19,20). The summed E-state index contributed by atoms with van der Waals surface area (Å²) in [5.41, 5.74) is 3.74. The molecule has 0 fully saturated rings. The minimum Gasteiger partial charge on any atom is -0.483 e. The highest BCUT2D eigenvalue weighted by Crippen LogP contribution is 2.23. The van der Waals surface area contributed by atoms with Gasteiger partial charge in [-0.25, -0.2) is 0 Å². The third-order valence-corrected chi connectivity index (χ3v) is 3.86. The van der Waals surface area contributed by atoms with Crippen LogP contribution in [0.2, 0.25) is 5.02 Å². The van der Waals surface area contributed by atoms with Crippen molar-refractivity contribution in [3.05, 3.63) is 58.1 Å². The second-order valence-corrected chi connectivity index (χ2v) is 5.35. The van der Waals surface area contributed by atoms with Crippen molar-refractivity contribution in [3.8, 4) is 5.75 Å². The van der Waals surface area contributed by atoms with Gasteiger partial charge in [0.25, 0.3) is 5.91 Å². The van der Waals surface area contributed by atoms with Gasteiger partial charge in [-0.15, -0.1) is 0 Å². The number of hydrogen-bond donors (Lipinski definition) is 1. The fourth-order valence-electron chi connectivity index (χ4n) is 1.95. The number of amides is 1. The molecule has 0 aliphatic carbocycles. The summed E-state index contributed by atoms with van der Waals surface area (Å²) in [6, 6.07) is 11.2. The normalized spacial score (nSPS) is 10.3. The minimum atomic E-state index is -0.207. The van der Waals surface area contributed by atoms with E-state index in [9.17, 15) is 4.79 Å². The number of ether oxygens (including phenoxy) is 1. The first-order chi connectivity index (χ1) is 9.99.